The van der Waals surface area contributed by atoms with Gasteiger partial charge in [-0.15, -0.1) is 0 Å². The number of aliphatic imine (C=N–C) groups is 1. The van der Waals surface area contributed by atoms with E-state index >= 15 is 0 Å². The monoisotopic (exact) mass is 550 g/mol. The Morgan fingerprint density at radius 3 is 2.35 bits per heavy atom. The summed E-state index contributed by atoms with van der Waals surface area (Å²) in [7, 11) is -4.65. The molecule has 2 aromatic carbocycles. The van der Waals surface area contributed by atoms with Crippen LogP contribution in [0.2, 0.25) is 0 Å². The number of rotatable bonds is 15. The molecule has 9 nitrogen and oxygen atoms in total. The molecule has 37 heavy (non-hydrogen) atoms. The maximum atomic E-state index is 13.7. The van der Waals surface area contributed by atoms with E-state index in [0.29, 0.717) is 19.3 Å². The number of ether oxygens (including phenoxy) is 2. The number of methoxy groups -OCH3 is 1. The number of nitrogens with zero attached hydrogens (tertiary/aromatic N) is 2. The first-order valence-corrected chi connectivity index (χ1v) is 16.1. The van der Waals surface area contributed by atoms with E-state index in [1.165, 1.54) is 29.6 Å². The van der Waals surface area contributed by atoms with Gasteiger partial charge in [-0.05, 0) is 13.3 Å². The zero-order valence-electron chi connectivity index (χ0n) is 22.0. The SMILES string of the molecule is COc1ccc(S(=O)(=O)N(CC(C)C)C[C@@H](O)[C@H](Cc2ccccc2)/N=C/B=O)cc1OCP(C)(C)=O. The van der Waals surface area contributed by atoms with Crippen molar-refractivity contribution in [1.29, 1.82) is 0 Å². The molecule has 0 amide bonds. The van der Waals surface area contributed by atoms with Gasteiger partial charge in [-0.3, -0.25) is 0 Å². The Morgan fingerprint density at radius 1 is 1.11 bits per heavy atom. The first kappa shape index (κ1) is 30.9. The molecule has 0 fully saturated rings. The minimum absolute atomic E-state index is 0.0342. The van der Waals surface area contributed by atoms with Crippen molar-refractivity contribution in [1.82, 2.24) is 4.31 Å². The summed E-state index contributed by atoms with van der Waals surface area (Å²) in [6.07, 6.45) is 0.156. The number of hydrogen-bond donors (Lipinski definition) is 1. The van der Waals surface area contributed by atoms with Crippen LogP contribution in [0.1, 0.15) is 19.4 Å². The Morgan fingerprint density at radius 2 is 1.78 bits per heavy atom. The summed E-state index contributed by atoms with van der Waals surface area (Å²) >= 11 is 0. The van der Waals surface area contributed by atoms with Crippen molar-refractivity contribution in [3.05, 3.63) is 54.1 Å². The van der Waals surface area contributed by atoms with Gasteiger partial charge in [0.05, 0.1) is 7.11 Å². The Labute approximate surface area is 220 Å². The molecule has 0 radical (unpaired) electrons. The quantitative estimate of drug-likeness (QED) is 0.205. The van der Waals surface area contributed by atoms with Crippen LogP contribution >= 0.6 is 7.14 Å². The molecule has 202 valence electrons. The van der Waals surface area contributed by atoms with Crippen molar-refractivity contribution in [3.63, 3.8) is 0 Å². The molecule has 0 saturated heterocycles. The van der Waals surface area contributed by atoms with Crippen molar-refractivity contribution in [2.45, 2.75) is 37.3 Å². The van der Waals surface area contributed by atoms with Crippen LogP contribution in [0.15, 0.2) is 58.4 Å². The predicted octanol–water partition coefficient (Wildman–Crippen LogP) is 3.35. The topological polar surface area (TPSA) is 123 Å². The minimum atomic E-state index is -4.07. The Balaban J connectivity index is 2.39. The molecule has 0 heterocycles. The van der Waals surface area contributed by atoms with Gasteiger partial charge in [0.15, 0.2) is 0 Å². The molecule has 0 spiro atoms. The van der Waals surface area contributed by atoms with Gasteiger partial charge >= 0.3 is 189 Å². The zero-order valence-corrected chi connectivity index (χ0v) is 23.7. The molecule has 0 saturated carbocycles. The fraction of sp³-hybridized carbons (Fsp3) is 0.480. The average Bonchev–Trinajstić information content (AvgIpc) is 2.84. The molecule has 0 aliphatic carbocycles. The van der Waals surface area contributed by atoms with E-state index in [2.05, 4.69) is 4.99 Å². The Hall–Kier alpha value is -2.33. The number of aliphatic hydroxyl groups is 1. The van der Waals surface area contributed by atoms with Crippen LogP contribution in [0, 0.1) is 5.92 Å². The van der Waals surface area contributed by atoms with Crippen molar-refractivity contribution in [2.75, 3.05) is 39.9 Å². The summed E-state index contributed by atoms with van der Waals surface area (Å²) in [5.74, 6) is 0.442. The average molecular weight is 550 g/mol. The van der Waals surface area contributed by atoms with Gasteiger partial charge in [-0.2, -0.15) is 0 Å². The normalized spacial score (nSPS) is 14.1. The van der Waals surface area contributed by atoms with Gasteiger partial charge in [-0.1, -0.05) is 0 Å². The van der Waals surface area contributed by atoms with E-state index in [9.17, 15) is 22.8 Å². The summed E-state index contributed by atoms with van der Waals surface area (Å²) in [6.45, 7) is 6.83. The van der Waals surface area contributed by atoms with E-state index < -0.39 is 29.3 Å². The summed E-state index contributed by atoms with van der Waals surface area (Å²) in [4.78, 5) is 4.13. The van der Waals surface area contributed by atoms with Crippen LogP contribution in [-0.2, 0) is 25.7 Å². The molecule has 12 heteroatoms. The van der Waals surface area contributed by atoms with Gasteiger partial charge in [-0.25, -0.2) is 0 Å². The molecule has 0 unspecified atom stereocenters. The van der Waals surface area contributed by atoms with Gasteiger partial charge < -0.3 is 4.57 Å². The van der Waals surface area contributed by atoms with Crippen molar-refractivity contribution in [2.24, 2.45) is 10.9 Å². The summed E-state index contributed by atoms with van der Waals surface area (Å²) in [5, 5.41) is 11.1. The number of sulfonamides is 1. The molecule has 1 N–H and O–H groups in total. The van der Waals surface area contributed by atoms with Crippen molar-refractivity contribution >= 4 is 30.4 Å². The van der Waals surface area contributed by atoms with E-state index in [0.717, 1.165) is 11.7 Å². The third-order valence-electron chi connectivity index (χ3n) is 5.33. The van der Waals surface area contributed by atoms with E-state index in [1.807, 2.05) is 44.2 Å². The molecule has 2 rings (SSSR count). The maximum absolute atomic E-state index is 13.7. The van der Waals surface area contributed by atoms with Gasteiger partial charge in [0, 0.05) is 0 Å². The number of hydrogen-bond acceptors (Lipinski definition) is 8. The summed E-state index contributed by atoms with van der Waals surface area (Å²) in [6, 6.07) is 12.8. The summed E-state index contributed by atoms with van der Waals surface area (Å²) in [5.41, 5.74) is 0.897. The third kappa shape index (κ3) is 9.81. The molecular weight excluding hydrogens is 514 g/mol. The summed E-state index contributed by atoms with van der Waals surface area (Å²) < 4.78 is 62.6. The van der Waals surface area contributed by atoms with Gasteiger partial charge in [0.25, 0.3) is 0 Å². The molecule has 2 aromatic rings. The molecular formula is C25H36BN2O7PS. The predicted molar refractivity (Wildman–Crippen MR) is 146 cm³/mol. The van der Waals surface area contributed by atoms with Crippen LogP contribution in [0.5, 0.6) is 11.5 Å². The van der Waals surface area contributed by atoms with Gasteiger partial charge in [0.2, 0.25) is 0 Å². The second-order valence-corrected chi connectivity index (χ2v) is 15.0. The Kier molecular flexibility index (Phi) is 11.7. The van der Waals surface area contributed by atoms with Crippen LogP contribution < -0.4 is 9.47 Å². The van der Waals surface area contributed by atoms with Gasteiger partial charge in [0.1, 0.15) is 7.14 Å². The molecule has 0 aromatic heterocycles. The van der Waals surface area contributed by atoms with Crippen LogP contribution in [-0.4, -0.2) is 83.1 Å². The fourth-order valence-electron chi connectivity index (χ4n) is 3.60. The van der Waals surface area contributed by atoms with E-state index in [1.54, 1.807) is 13.3 Å². The second-order valence-electron chi connectivity index (χ2n) is 9.63. The first-order chi connectivity index (χ1) is 17.4. The van der Waals surface area contributed by atoms with Crippen LogP contribution in [0.4, 0.5) is 0 Å². The van der Waals surface area contributed by atoms with E-state index in [4.69, 9.17) is 9.47 Å². The number of aliphatic hydroxyl groups excluding tert-OH is 1. The Bertz CT molecular complexity index is 1200. The molecule has 2 atom stereocenters. The first-order valence-electron chi connectivity index (χ1n) is 11.9. The fourth-order valence-corrected chi connectivity index (χ4v) is 5.69. The van der Waals surface area contributed by atoms with Crippen molar-refractivity contribution in [3.8, 4) is 11.5 Å². The van der Waals surface area contributed by atoms with Crippen LogP contribution in [0.25, 0.3) is 0 Å². The van der Waals surface area contributed by atoms with Crippen LogP contribution in [0.3, 0.4) is 0 Å². The third-order valence-corrected chi connectivity index (χ3v) is 7.91. The molecule has 0 aliphatic rings. The molecule has 0 bridgehead atoms. The van der Waals surface area contributed by atoms with E-state index in [-0.39, 0.29) is 36.0 Å². The number of benzene rings is 2. The molecule has 0 aliphatic heterocycles. The smallest absolute Gasteiger partial charge is 0.321 e. The zero-order chi connectivity index (χ0) is 27.6. The minimum Gasteiger partial charge on any atom is -0.321 e. The standard InChI is InChI=1S/C25H36BN2O7PS/c1-19(2)15-28(16-23(29)22(27-17-26-30)13-20-9-7-6-8-10-20)37(32,33)21-11-12-24(34-3)25(14-21)35-18-36(4,5)31/h6-12,14,17,19,22-23,29H,13,15-16,18H2,1-5H3/b27-17+/t22-,23+/m0/s1. The second kappa shape index (κ2) is 14.0. The van der Waals surface area contributed by atoms with Crippen molar-refractivity contribution < 1.29 is 32.3 Å².